The van der Waals surface area contributed by atoms with Crippen molar-refractivity contribution in [2.24, 2.45) is 10.8 Å². The van der Waals surface area contributed by atoms with Gasteiger partial charge < -0.3 is 24.8 Å². The van der Waals surface area contributed by atoms with Gasteiger partial charge in [-0.15, -0.1) is 18.2 Å². The van der Waals surface area contributed by atoms with Crippen LogP contribution in [0.15, 0.2) is 41.0 Å². The summed E-state index contributed by atoms with van der Waals surface area (Å²) in [6.07, 6.45) is 16.3. The molecule has 2 rings (SSSR count). The van der Waals surface area contributed by atoms with Crippen LogP contribution >= 0.6 is 11.8 Å². The van der Waals surface area contributed by atoms with E-state index in [1.165, 1.54) is 11.1 Å². The van der Waals surface area contributed by atoms with Crippen molar-refractivity contribution in [1.29, 1.82) is 0 Å². The molecule has 4 heteroatoms. The van der Waals surface area contributed by atoms with E-state index in [-0.39, 0.29) is 66.9 Å². The molecule has 0 aromatic carbocycles. The summed E-state index contributed by atoms with van der Waals surface area (Å²) in [5.74, 6) is 0. The minimum atomic E-state index is 0. The fraction of sp³-hybridized carbons (Fsp3) is 0.667. The van der Waals surface area contributed by atoms with Gasteiger partial charge in [0.2, 0.25) is 0 Å². The van der Waals surface area contributed by atoms with Crippen molar-refractivity contribution in [3.8, 4) is 0 Å². The molecule has 0 aliphatic heterocycles. The Balaban J connectivity index is 0. The smallest absolute Gasteiger partial charge is 1.00 e. The summed E-state index contributed by atoms with van der Waals surface area (Å²) < 4.78 is 0.350. The third kappa shape index (κ3) is 8.03. The molecule has 157 valence electrons. The van der Waals surface area contributed by atoms with Crippen molar-refractivity contribution in [1.82, 2.24) is 0 Å². The summed E-state index contributed by atoms with van der Waals surface area (Å²) in [6, 6.07) is 0. The first-order valence-electron chi connectivity index (χ1n) is 9.63. The molecule has 2 aliphatic carbocycles. The van der Waals surface area contributed by atoms with Crippen LogP contribution in [0.1, 0.15) is 81.6 Å². The molecule has 1 radical (unpaired) electrons. The van der Waals surface area contributed by atoms with E-state index in [0.717, 1.165) is 19.3 Å². The van der Waals surface area contributed by atoms with Crippen molar-refractivity contribution in [2.45, 2.75) is 91.1 Å². The summed E-state index contributed by atoms with van der Waals surface area (Å²) in [6.45, 7) is 21.2. The Hall–Kier alpha value is 0.604. The van der Waals surface area contributed by atoms with E-state index in [0.29, 0.717) is 0 Å². The number of hydrogen-bond acceptors (Lipinski definition) is 1. The fourth-order valence-corrected chi connectivity index (χ4v) is 5.96. The number of thioether (sulfide) groups is 1. The molecule has 0 heterocycles. The molecule has 1 atom stereocenters. The normalized spacial score (nSPS) is 22.2. The molecular weight excluding hydrogens is 439 g/mol. The first kappa shape index (κ1) is 30.8. The quantitative estimate of drug-likeness (QED) is 0.442. The zero-order chi connectivity index (χ0) is 19.1. The molecule has 0 saturated heterocycles. The maximum atomic E-state index is 3.57. The molecule has 0 aromatic heterocycles. The zero-order valence-corrected chi connectivity index (χ0v) is 23.0. The van der Waals surface area contributed by atoms with Crippen LogP contribution in [-0.4, -0.2) is 9.49 Å². The third-order valence-corrected chi connectivity index (χ3v) is 6.39. The van der Waals surface area contributed by atoms with Crippen LogP contribution < -0.4 is 24.8 Å². The Morgan fingerprint density at radius 1 is 0.964 bits per heavy atom. The average molecular weight is 476 g/mol. The topological polar surface area (TPSA) is 0 Å². The number of hydrogen-bond donors (Lipinski definition) is 0. The summed E-state index contributed by atoms with van der Waals surface area (Å²) >= 11 is 2.15. The Labute approximate surface area is 206 Å². The monoisotopic (exact) mass is 475 g/mol. The zero-order valence-electron chi connectivity index (χ0n) is 19.1. The Morgan fingerprint density at radius 3 is 1.93 bits per heavy atom. The molecule has 0 bridgehead atoms. The second-order valence-corrected chi connectivity index (χ2v) is 12.8. The first-order chi connectivity index (χ1) is 11.2. The standard InChI is InChI=1S/C24H37S.2ClH.Ti/c1-21(2,3)19-14-15-24(25-23(7,8)9,17-18-12-10-11-13-18)20(16-19)22(4,5)6;;;/h10,12,14,16H,11,15,17H2,1-9H3;2*1H;/q-1;;;+3/p-2. The predicted molar refractivity (Wildman–Crippen MR) is 115 cm³/mol. The molecule has 0 saturated carbocycles. The van der Waals surface area contributed by atoms with E-state index >= 15 is 0 Å². The summed E-state index contributed by atoms with van der Waals surface area (Å²) in [5.41, 5.74) is 4.84. The van der Waals surface area contributed by atoms with Gasteiger partial charge in [0.1, 0.15) is 0 Å². The number of allylic oxidation sites excluding steroid dienone is 7. The van der Waals surface area contributed by atoms with E-state index in [1.54, 1.807) is 5.57 Å². The molecule has 0 amide bonds. The van der Waals surface area contributed by atoms with Gasteiger partial charge in [-0.3, -0.25) is 6.08 Å². The molecule has 28 heavy (non-hydrogen) atoms. The van der Waals surface area contributed by atoms with Crippen molar-refractivity contribution in [3.05, 3.63) is 47.1 Å². The van der Waals surface area contributed by atoms with Crippen LogP contribution in [0.25, 0.3) is 0 Å². The average Bonchev–Trinajstić information content (AvgIpc) is 2.86. The van der Waals surface area contributed by atoms with E-state index < -0.39 is 0 Å². The predicted octanol–water partition coefficient (Wildman–Crippen LogP) is 1.69. The largest absolute Gasteiger partial charge is 3.00 e. The van der Waals surface area contributed by atoms with Gasteiger partial charge in [-0.25, -0.2) is 11.6 Å². The summed E-state index contributed by atoms with van der Waals surface area (Å²) in [4.78, 5) is 0. The van der Waals surface area contributed by atoms with Gasteiger partial charge in [0.25, 0.3) is 0 Å². The molecule has 1 unspecified atom stereocenters. The van der Waals surface area contributed by atoms with Crippen LogP contribution in [0.4, 0.5) is 0 Å². The first-order valence-corrected chi connectivity index (χ1v) is 10.4. The van der Waals surface area contributed by atoms with Crippen molar-refractivity contribution in [2.75, 3.05) is 0 Å². The van der Waals surface area contributed by atoms with Gasteiger partial charge in [0.15, 0.2) is 0 Å². The van der Waals surface area contributed by atoms with Crippen molar-refractivity contribution in [3.63, 3.8) is 0 Å². The second-order valence-electron chi connectivity index (χ2n) is 10.6. The van der Waals surface area contributed by atoms with E-state index in [2.05, 4.69) is 104 Å². The molecule has 0 aromatic rings. The summed E-state index contributed by atoms with van der Waals surface area (Å²) in [7, 11) is 0. The van der Waals surface area contributed by atoms with Crippen LogP contribution in [0.3, 0.4) is 0 Å². The summed E-state index contributed by atoms with van der Waals surface area (Å²) in [5, 5.41) is 0. The molecule has 2 aliphatic rings. The van der Waals surface area contributed by atoms with Crippen molar-refractivity contribution < 1.29 is 46.5 Å². The molecular formula is C24H37Cl2STi. The number of halogens is 2. The van der Waals surface area contributed by atoms with Crippen LogP contribution in [-0.2, 0) is 21.7 Å². The van der Waals surface area contributed by atoms with Gasteiger partial charge in [0, 0.05) is 9.49 Å². The van der Waals surface area contributed by atoms with Gasteiger partial charge in [-0.2, -0.15) is 6.08 Å². The fourth-order valence-electron chi connectivity index (χ4n) is 3.92. The molecule has 0 fully saturated rings. The van der Waals surface area contributed by atoms with Gasteiger partial charge in [-0.05, 0) is 34.8 Å². The minimum absolute atomic E-state index is 0. The van der Waals surface area contributed by atoms with Crippen molar-refractivity contribution >= 4 is 11.8 Å². The molecule has 0 spiro atoms. The van der Waals surface area contributed by atoms with E-state index in [4.69, 9.17) is 0 Å². The maximum absolute atomic E-state index is 3.57. The Bertz CT molecular complexity index is 637. The molecule has 0 nitrogen and oxygen atoms in total. The Kier molecular flexibility index (Phi) is 11.8. The molecule has 0 N–H and O–H groups in total. The minimum Gasteiger partial charge on any atom is -1.00 e. The maximum Gasteiger partial charge on any atom is 3.00 e. The van der Waals surface area contributed by atoms with Crippen LogP contribution in [0.5, 0.6) is 0 Å². The van der Waals surface area contributed by atoms with Crippen LogP contribution in [0, 0.1) is 16.9 Å². The van der Waals surface area contributed by atoms with E-state index in [1.807, 2.05) is 0 Å². The third-order valence-electron chi connectivity index (χ3n) is 4.86. The SMILES string of the molecule is CC(C)(C)SC1(CC2=[C-]CC=C2)CC=C(C(C)(C)C)C=C1C(C)(C)C.[Cl-].[Cl-].[Ti+3]. The van der Waals surface area contributed by atoms with Gasteiger partial charge in [0.05, 0.1) is 0 Å². The van der Waals surface area contributed by atoms with Gasteiger partial charge in [-0.1, -0.05) is 74.5 Å². The number of rotatable bonds is 3. The van der Waals surface area contributed by atoms with E-state index in [9.17, 15) is 0 Å². The van der Waals surface area contributed by atoms with Gasteiger partial charge >= 0.3 is 21.7 Å². The van der Waals surface area contributed by atoms with Crippen LogP contribution in [0.2, 0.25) is 0 Å². The second kappa shape index (κ2) is 10.8. The Morgan fingerprint density at radius 2 is 1.54 bits per heavy atom.